The number of halogens is 2. The molecule has 3 heterocycles. The van der Waals surface area contributed by atoms with E-state index in [0.717, 1.165) is 5.56 Å². The number of amides is 1. The van der Waals surface area contributed by atoms with E-state index in [4.69, 9.17) is 25.0 Å². The minimum Gasteiger partial charge on any atom is -0.444 e. The Morgan fingerprint density at radius 3 is 2.76 bits per heavy atom. The van der Waals surface area contributed by atoms with E-state index >= 15 is 0 Å². The van der Waals surface area contributed by atoms with Crippen molar-refractivity contribution in [3.05, 3.63) is 51.0 Å². The number of rotatable bonds is 4. The third-order valence-corrected chi connectivity index (χ3v) is 6.71. The molecule has 200 valence electrons. The molecule has 1 aromatic heterocycles. The van der Waals surface area contributed by atoms with Crippen LogP contribution in [-0.2, 0) is 20.7 Å². The highest BCUT2D eigenvalue weighted by atomic mass is 79.9. The van der Waals surface area contributed by atoms with Crippen LogP contribution in [0, 0.1) is 12.7 Å². The molecule has 0 unspecified atom stereocenters. The van der Waals surface area contributed by atoms with Crippen LogP contribution in [0.25, 0.3) is 0 Å². The zero-order chi connectivity index (χ0) is 27.1. The van der Waals surface area contributed by atoms with Gasteiger partial charge >= 0.3 is 6.09 Å². The van der Waals surface area contributed by atoms with E-state index < -0.39 is 23.5 Å². The highest BCUT2D eigenvalue weighted by Gasteiger charge is 2.46. The van der Waals surface area contributed by atoms with Gasteiger partial charge in [-0.1, -0.05) is 22.0 Å². The number of carbonyl (C=O) groups excluding carboxylic acids is 1. The molecule has 1 amide bonds. The maximum atomic E-state index is 13.7. The van der Waals surface area contributed by atoms with Gasteiger partial charge in [-0.15, -0.1) is 0 Å². The molecular formula is C25H32BrFN6O4. The predicted octanol–water partition coefficient (Wildman–Crippen LogP) is 4.21. The summed E-state index contributed by atoms with van der Waals surface area (Å²) in [6, 6.07) is 3.71. The molecule has 0 spiro atoms. The largest absolute Gasteiger partial charge is 0.444 e. The number of hydroxylamine groups is 1. The number of nitrogen functional groups attached to an aromatic ring is 1. The Morgan fingerprint density at radius 2 is 2.08 bits per heavy atom. The number of fused-ring (bicyclic) bond motifs is 1. The smallest absolute Gasteiger partial charge is 0.412 e. The summed E-state index contributed by atoms with van der Waals surface area (Å²) in [7, 11) is 0. The number of benzene rings is 1. The second kappa shape index (κ2) is 10.1. The van der Waals surface area contributed by atoms with Crippen LogP contribution in [0.4, 0.5) is 15.1 Å². The van der Waals surface area contributed by atoms with E-state index in [0.29, 0.717) is 33.7 Å². The Kier molecular flexibility index (Phi) is 7.46. The van der Waals surface area contributed by atoms with Crippen LogP contribution < -0.4 is 11.2 Å². The SMILES string of the molecule is Cc1nc(N)nc2c1C(NOC[C@H]1COC(C)(C)N1C(=O)OC(C)(C)C)=N[C@@H](c1ccc(F)cc1Br)C2. The molecule has 12 heteroatoms. The van der Waals surface area contributed by atoms with Gasteiger partial charge in [0, 0.05) is 10.9 Å². The topological polar surface area (TPSA) is 124 Å². The van der Waals surface area contributed by atoms with E-state index in [1.807, 2.05) is 41.5 Å². The number of hydrogen-bond donors (Lipinski definition) is 2. The van der Waals surface area contributed by atoms with Gasteiger partial charge in [0.1, 0.15) is 17.1 Å². The first-order valence-electron chi connectivity index (χ1n) is 12.0. The monoisotopic (exact) mass is 578 g/mol. The van der Waals surface area contributed by atoms with Crippen LogP contribution in [0.2, 0.25) is 0 Å². The van der Waals surface area contributed by atoms with Crippen molar-refractivity contribution in [3.8, 4) is 0 Å². The van der Waals surface area contributed by atoms with Crippen molar-refractivity contribution in [2.24, 2.45) is 4.99 Å². The number of amidine groups is 1. The molecule has 0 radical (unpaired) electrons. The van der Waals surface area contributed by atoms with Crippen LogP contribution >= 0.6 is 15.9 Å². The highest BCUT2D eigenvalue weighted by molar-refractivity contribution is 9.10. The van der Waals surface area contributed by atoms with Gasteiger partial charge in [0.05, 0.1) is 42.2 Å². The lowest BCUT2D eigenvalue weighted by molar-refractivity contribution is -0.0668. The van der Waals surface area contributed by atoms with Crippen molar-refractivity contribution < 1.29 is 23.5 Å². The van der Waals surface area contributed by atoms with Crippen molar-refractivity contribution in [2.75, 3.05) is 18.9 Å². The van der Waals surface area contributed by atoms with E-state index in [2.05, 4.69) is 31.4 Å². The Hall–Kier alpha value is -2.83. The number of aromatic nitrogens is 2. The molecule has 2 atom stereocenters. The fraction of sp³-hybridized carbons (Fsp3) is 0.520. The number of anilines is 1. The number of nitrogens with zero attached hydrogens (tertiary/aromatic N) is 4. The Morgan fingerprint density at radius 1 is 1.35 bits per heavy atom. The molecule has 1 aromatic carbocycles. The lowest BCUT2D eigenvalue weighted by Gasteiger charge is -2.35. The van der Waals surface area contributed by atoms with E-state index in [1.54, 1.807) is 11.0 Å². The Labute approximate surface area is 223 Å². The summed E-state index contributed by atoms with van der Waals surface area (Å²) < 4.78 is 25.7. The molecule has 2 aromatic rings. The number of nitrogens with two attached hydrogens (primary N) is 1. The molecule has 1 saturated heterocycles. The number of hydrogen-bond acceptors (Lipinski definition) is 9. The third-order valence-electron chi connectivity index (χ3n) is 6.02. The molecule has 0 aliphatic carbocycles. The van der Waals surface area contributed by atoms with Crippen LogP contribution in [0.5, 0.6) is 0 Å². The van der Waals surface area contributed by atoms with E-state index in [1.165, 1.54) is 12.1 Å². The average Bonchev–Trinajstić information content (AvgIpc) is 3.05. The predicted molar refractivity (Wildman–Crippen MR) is 139 cm³/mol. The quantitative estimate of drug-likeness (QED) is 0.517. The van der Waals surface area contributed by atoms with Crippen LogP contribution in [-0.4, -0.2) is 57.4 Å². The summed E-state index contributed by atoms with van der Waals surface area (Å²) in [5.41, 5.74) is 10.2. The minimum atomic E-state index is -0.854. The van der Waals surface area contributed by atoms with Crippen LogP contribution in [0.15, 0.2) is 27.7 Å². The van der Waals surface area contributed by atoms with Crippen LogP contribution in [0.3, 0.4) is 0 Å². The first-order valence-corrected chi connectivity index (χ1v) is 12.7. The zero-order valence-electron chi connectivity index (χ0n) is 21.8. The van der Waals surface area contributed by atoms with Crippen molar-refractivity contribution >= 4 is 33.8 Å². The molecule has 2 aliphatic heterocycles. The minimum absolute atomic E-state index is 0.108. The standard InChI is InChI=1S/C25H32BrFN6O4/c1-13-20-19(31-22(28)29-13)10-18(16-8-7-14(27)9-17(16)26)30-21(20)32-36-12-15-11-35-25(5,6)33(15)23(34)37-24(2,3)4/h7-9,15,18H,10-12H2,1-6H3,(H,30,32)(H2,28,29,31)/t15-,18-/m1/s1. The second-order valence-electron chi connectivity index (χ2n) is 10.5. The summed E-state index contributed by atoms with van der Waals surface area (Å²) in [6.07, 6.45) is -0.0278. The molecule has 3 N–H and O–H groups in total. The van der Waals surface area contributed by atoms with Gasteiger partial charge in [-0.05, 0) is 59.2 Å². The van der Waals surface area contributed by atoms with Crippen molar-refractivity contribution in [1.29, 1.82) is 0 Å². The van der Waals surface area contributed by atoms with Crippen molar-refractivity contribution in [1.82, 2.24) is 20.3 Å². The zero-order valence-corrected chi connectivity index (χ0v) is 23.3. The lowest BCUT2D eigenvalue weighted by atomic mass is 9.95. The second-order valence-corrected chi connectivity index (χ2v) is 11.4. The molecule has 2 aliphatic rings. The van der Waals surface area contributed by atoms with Gasteiger partial charge in [-0.25, -0.2) is 24.6 Å². The maximum Gasteiger partial charge on any atom is 0.412 e. The van der Waals surface area contributed by atoms with Crippen LogP contribution in [0.1, 0.15) is 63.2 Å². The summed E-state index contributed by atoms with van der Waals surface area (Å²) >= 11 is 3.44. The number of aryl methyl sites for hydroxylation is 1. The van der Waals surface area contributed by atoms with Crippen molar-refractivity contribution in [2.45, 2.75) is 71.4 Å². The van der Waals surface area contributed by atoms with Gasteiger partial charge in [0.2, 0.25) is 5.95 Å². The fourth-order valence-corrected chi connectivity index (χ4v) is 5.10. The number of aliphatic imine (C=N–C) groups is 1. The van der Waals surface area contributed by atoms with E-state index in [-0.39, 0.29) is 31.0 Å². The Bertz CT molecular complexity index is 1230. The lowest BCUT2D eigenvalue weighted by Crippen LogP contribution is -2.51. The summed E-state index contributed by atoms with van der Waals surface area (Å²) in [5.74, 6) is 0.229. The maximum absolute atomic E-state index is 13.7. The fourth-order valence-electron chi connectivity index (χ4n) is 4.48. The number of ether oxygens (including phenoxy) is 2. The molecule has 0 bridgehead atoms. The summed E-state index contributed by atoms with van der Waals surface area (Å²) in [4.78, 5) is 33.9. The van der Waals surface area contributed by atoms with Gasteiger partial charge < -0.3 is 15.2 Å². The molecule has 37 heavy (non-hydrogen) atoms. The van der Waals surface area contributed by atoms with Gasteiger partial charge in [-0.2, -0.15) is 0 Å². The van der Waals surface area contributed by atoms with Gasteiger partial charge in [-0.3, -0.25) is 14.7 Å². The first kappa shape index (κ1) is 27.2. The molecule has 10 nitrogen and oxygen atoms in total. The van der Waals surface area contributed by atoms with Gasteiger partial charge in [0.25, 0.3) is 0 Å². The van der Waals surface area contributed by atoms with E-state index in [9.17, 15) is 9.18 Å². The number of carbonyl (C=O) groups is 1. The van der Waals surface area contributed by atoms with Crippen molar-refractivity contribution in [3.63, 3.8) is 0 Å². The third kappa shape index (κ3) is 6.02. The van der Waals surface area contributed by atoms with Gasteiger partial charge in [0.15, 0.2) is 5.84 Å². The Balaban J connectivity index is 1.56. The first-order chi connectivity index (χ1) is 17.2. The normalized spacial score (nSPS) is 20.9. The highest BCUT2D eigenvalue weighted by Crippen LogP contribution is 2.34. The summed E-state index contributed by atoms with van der Waals surface area (Å²) in [5, 5.41) is 0. The molecular weight excluding hydrogens is 547 g/mol. The molecule has 4 rings (SSSR count). The number of nitrogens with one attached hydrogen (secondary N) is 1. The average molecular weight is 579 g/mol. The molecule has 1 fully saturated rings. The summed E-state index contributed by atoms with van der Waals surface area (Å²) in [6.45, 7) is 11.3. The molecule has 0 saturated carbocycles.